The number of carbonyl (C=O) groups is 2. The Bertz CT molecular complexity index is 1020. The summed E-state index contributed by atoms with van der Waals surface area (Å²) in [6.07, 6.45) is 5.33. The third-order valence-electron chi connectivity index (χ3n) is 4.79. The lowest BCUT2D eigenvalue weighted by Gasteiger charge is -2.17. The standard InChI is InChI=1S/C21H28N4O5S/c1-14(2)25-31(28,29)18-10-16(9-17(11-18)23-12-15-6-8-30-13-15)20(26)24-19-5-3-4-7-22-21(19)27/h6,8-11,13-14,19,23,25H,3-5,7,12H2,1-2H3,(H,22,27)(H,24,26)/t19-/m0/s1. The molecule has 168 valence electrons. The van der Waals surface area contributed by atoms with Crippen LogP contribution >= 0.6 is 0 Å². The largest absolute Gasteiger partial charge is 0.472 e. The van der Waals surface area contributed by atoms with Gasteiger partial charge >= 0.3 is 0 Å². The number of anilines is 1. The lowest BCUT2D eigenvalue weighted by atomic mass is 10.1. The van der Waals surface area contributed by atoms with Crippen LogP contribution in [0.3, 0.4) is 0 Å². The zero-order valence-electron chi connectivity index (χ0n) is 17.6. The molecule has 1 atom stereocenters. The van der Waals surface area contributed by atoms with Gasteiger partial charge in [0.2, 0.25) is 15.9 Å². The van der Waals surface area contributed by atoms with Gasteiger partial charge in [0.15, 0.2) is 0 Å². The van der Waals surface area contributed by atoms with Crippen molar-refractivity contribution >= 4 is 27.5 Å². The number of hydrogen-bond acceptors (Lipinski definition) is 6. The molecule has 0 aliphatic carbocycles. The molecular weight excluding hydrogens is 420 g/mol. The first-order chi connectivity index (χ1) is 14.7. The molecule has 0 radical (unpaired) electrons. The molecule has 1 aliphatic heterocycles. The van der Waals surface area contributed by atoms with Crippen molar-refractivity contribution in [3.8, 4) is 0 Å². The summed E-state index contributed by atoms with van der Waals surface area (Å²) in [6, 6.07) is 5.19. The first-order valence-electron chi connectivity index (χ1n) is 10.3. The summed E-state index contributed by atoms with van der Waals surface area (Å²) in [5, 5.41) is 8.63. The van der Waals surface area contributed by atoms with Crippen LogP contribution in [0.15, 0.2) is 46.1 Å². The first kappa shape index (κ1) is 22.8. The van der Waals surface area contributed by atoms with E-state index in [1.165, 1.54) is 12.1 Å². The molecule has 3 rings (SSSR count). The predicted octanol–water partition coefficient (Wildman–Crippen LogP) is 1.98. The molecule has 2 aromatic rings. The molecule has 1 aliphatic rings. The van der Waals surface area contributed by atoms with Crippen LogP contribution in [0.1, 0.15) is 49.0 Å². The summed E-state index contributed by atoms with van der Waals surface area (Å²) in [5.74, 6) is -0.732. The molecule has 10 heteroatoms. The minimum absolute atomic E-state index is 0.0335. The van der Waals surface area contributed by atoms with Crippen molar-refractivity contribution in [1.29, 1.82) is 0 Å². The van der Waals surface area contributed by atoms with Gasteiger partial charge in [0, 0.05) is 35.9 Å². The van der Waals surface area contributed by atoms with E-state index >= 15 is 0 Å². The molecular formula is C21H28N4O5S. The molecule has 0 saturated carbocycles. The SMILES string of the molecule is CC(C)NS(=O)(=O)c1cc(NCc2ccoc2)cc(C(=O)N[C@H]2CCCCNC2=O)c1. The molecule has 2 amide bonds. The number of hydrogen-bond donors (Lipinski definition) is 4. The van der Waals surface area contributed by atoms with Gasteiger partial charge in [-0.2, -0.15) is 0 Å². The molecule has 1 aromatic carbocycles. The van der Waals surface area contributed by atoms with E-state index in [0.717, 1.165) is 18.4 Å². The topological polar surface area (TPSA) is 130 Å². The summed E-state index contributed by atoms with van der Waals surface area (Å²) in [6.45, 7) is 4.42. The van der Waals surface area contributed by atoms with E-state index < -0.39 is 22.0 Å². The molecule has 0 spiro atoms. The van der Waals surface area contributed by atoms with Crippen LogP contribution in [0.4, 0.5) is 5.69 Å². The molecule has 0 bridgehead atoms. The third-order valence-corrected chi connectivity index (χ3v) is 6.43. The van der Waals surface area contributed by atoms with Crippen LogP contribution < -0.4 is 20.7 Å². The van der Waals surface area contributed by atoms with Gasteiger partial charge in [0.05, 0.1) is 17.4 Å². The van der Waals surface area contributed by atoms with E-state index in [1.54, 1.807) is 38.5 Å². The van der Waals surface area contributed by atoms with Crippen LogP contribution in [0.2, 0.25) is 0 Å². The maximum atomic E-state index is 12.9. The zero-order valence-corrected chi connectivity index (χ0v) is 18.4. The molecule has 1 aromatic heterocycles. The Morgan fingerprint density at radius 2 is 2.06 bits per heavy atom. The summed E-state index contributed by atoms with van der Waals surface area (Å²) < 4.78 is 33.1. The van der Waals surface area contributed by atoms with Gasteiger partial charge in [-0.3, -0.25) is 9.59 Å². The van der Waals surface area contributed by atoms with Crippen molar-refractivity contribution in [2.75, 3.05) is 11.9 Å². The number of amides is 2. The summed E-state index contributed by atoms with van der Waals surface area (Å²) in [4.78, 5) is 25.1. The molecule has 0 unspecified atom stereocenters. The number of carbonyl (C=O) groups excluding carboxylic acids is 2. The van der Waals surface area contributed by atoms with Crippen molar-refractivity contribution in [2.45, 2.75) is 56.6 Å². The van der Waals surface area contributed by atoms with Crippen LogP contribution in [-0.2, 0) is 21.4 Å². The fourth-order valence-electron chi connectivity index (χ4n) is 3.28. The molecule has 4 N–H and O–H groups in total. The maximum absolute atomic E-state index is 12.9. The normalized spacial score (nSPS) is 17.1. The highest BCUT2D eigenvalue weighted by Gasteiger charge is 2.24. The fourth-order valence-corrected chi connectivity index (χ4v) is 4.60. The van der Waals surface area contributed by atoms with Crippen LogP contribution in [0.5, 0.6) is 0 Å². The Morgan fingerprint density at radius 1 is 1.26 bits per heavy atom. The average Bonchev–Trinajstić information content (AvgIpc) is 3.15. The Kier molecular flexibility index (Phi) is 7.34. The van der Waals surface area contributed by atoms with Crippen molar-refractivity contribution in [3.63, 3.8) is 0 Å². The summed E-state index contributed by atoms with van der Waals surface area (Å²) in [5.41, 5.74) is 1.48. The molecule has 9 nitrogen and oxygen atoms in total. The van der Waals surface area contributed by atoms with Crippen molar-refractivity contribution in [3.05, 3.63) is 47.9 Å². The number of nitrogens with one attached hydrogen (secondary N) is 4. The third kappa shape index (κ3) is 6.31. The van der Waals surface area contributed by atoms with Crippen LogP contribution in [-0.4, -0.2) is 38.9 Å². The van der Waals surface area contributed by atoms with Gasteiger partial charge in [-0.15, -0.1) is 0 Å². The number of furan rings is 1. The molecule has 2 heterocycles. The molecule has 1 saturated heterocycles. The molecule has 1 fully saturated rings. The smallest absolute Gasteiger partial charge is 0.252 e. The lowest BCUT2D eigenvalue weighted by molar-refractivity contribution is -0.122. The van der Waals surface area contributed by atoms with Crippen LogP contribution in [0, 0.1) is 0 Å². The predicted molar refractivity (Wildman–Crippen MR) is 116 cm³/mol. The van der Waals surface area contributed by atoms with E-state index in [-0.39, 0.29) is 22.4 Å². The van der Waals surface area contributed by atoms with E-state index in [4.69, 9.17) is 4.42 Å². The second-order valence-electron chi connectivity index (χ2n) is 7.82. The van der Waals surface area contributed by atoms with E-state index in [2.05, 4.69) is 20.7 Å². The highest BCUT2D eigenvalue weighted by Crippen LogP contribution is 2.21. The Labute approximate surface area is 182 Å². The van der Waals surface area contributed by atoms with Gasteiger partial charge in [-0.25, -0.2) is 13.1 Å². The maximum Gasteiger partial charge on any atom is 0.252 e. The van der Waals surface area contributed by atoms with Gasteiger partial charge in [0.25, 0.3) is 5.91 Å². The minimum atomic E-state index is -3.83. The first-order valence-corrected chi connectivity index (χ1v) is 11.7. The van der Waals surface area contributed by atoms with Gasteiger partial charge < -0.3 is 20.4 Å². The van der Waals surface area contributed by atoms with Crippen LogP contribution in [0.25, 0.3) is 0 Å². The zero-order chi connectivity index (χ0) is 22.4. The van der Waals surface area contributed by atoms with Gasteiger partial charge in [-0.1, -0.05) is 0 Å². The van der Waals surface area contributed by atoms with E-state index in [9.17, 15) is 18.0 Å². The molecule has 31 heavy (non-hydrogen) atoms. The lowest BCUT2D eigenvalue weighted by Crippen LogP contribution is -2.45. The van der Waals surface area contributed by atoms with Gasteiger partial charge in [0.1, 0.15) is 6.04 Å². The number of sulfonamides is 1. The van der Waals surface area contributed by atoms with Gasteiger partial charge in [-0.05, 0) is 57.4 Å². The Hall–Kier alpha value is -2.85. The fraction of sp³-hybridized carbons (Fsp3) is 0.429. The summed E-state index contributed by atoms with van der Waals surface area (Å²) >= 11 is 0. The second kappa shape index (κ2) is 9.97. The van der Waals surface area contributed by atoms with E-state index in [0.29, 0.717) is 25.2 Å². The quantitative estimate of drug-likeness (QED) is 0.489. The number of benzene rings is 1. The van der Waals surface area contributed by atoms with Crippen molar-refractivity contribution < 1.29 is 22.4 Å². The minimum Gasteiger partial charge on any atom is -0.472 e. The Balaban J connectivity index is 1.87. The van der Waals surface area contributed by atoms with Crippen molar-refractivity contribution in [2.24, 2.45) is 0 Å². The number of rotatable bonds is 8. The average molecular weight is 449 g/mol. The highest BCUT2D eigenvalue weighted by molar-refractivity contribution is 7.89. The highest BCUT2D eigenvalue weighted by atomic mass is 32.2. The Morgan fingerprint density at radius 3 is 2.77 bits per heavy atom. The second-order valence-corrected chi connectivity index (χ2v) is 9.53. The van der Waals surface area contributed by atoms with Crippen molar-refractivity contribution in [1.82, 2.24) is 15.4 Å². The summed E-state index contributed by atoms with van der Waals surface area (Å²) in [7, 11) is -3.83. The monoisotopic (exact) mass is 448 g/mol. The van der Waals surface area contributed by atoms with E-state index in [1.807, 2.05) is 0 Å².